The maximum atomic E-state index is 12.2. The van der Waals surface area contributed by atoms with Crippen molar-refractivity contribution in [1.29, 1.82) is 0 Å². The van der Waals surface area contributed by atoms with Crippen LogP contribution in [0.25, 0.3) is 0 Å². The monoisotopic (exact) mass is 371 g/mol. The molecule has 0 saturated heterocycles. The van der Waals surface area contributed by atoms with E-state index in [0.717, 1.165) is 11.3 Å². The maximum Gasteiger partial charge on any atom is 0.310 e. The van der Waals surface area contributed by atoms with Gasteiger partial charge in [0.05, 0.1) is 13.0 Å². The number of hydrogen-bond acceptors (Lipinski definition) is 6. The highest BCUT2D eigenvalue weighted by Gasteiger charge is 2.20. The van der Waals surface area contributed by atoms with Gasteiger partial charge in [-0.1, -0.05) is 18.2 Å². The Labute approximate surface area is 157 Å². The van der Waals surface area contributed by atoms with E-state index < -0.39 is 18.0 Å². The van der Waals surface area contributed by atoms with Crippen molar-refractivity contribution in [2.75, 3.05) is 18.7 Å². The predicted octanol–water partition coefficient (Wildman–Crippen LogP) is 3.06. The van der Waals surface area contributed by atoms with E-state index in [2.05, 4.69) is 5.32 Å². The highest BCUT2D eigenvalue weighted by molar-refractivity contribution is 5.95. The molecule has 1 atom stereocenters. The number of nitrogens with one attached hydrogen (secondary N) is 1. The summed E-state index contributed by atoms with van der Waals surface area (Å²) in [5.41, 5.74) is 1.53. The molecule has 7 heteroatoms. The molecule has 1 aliphatic rings. The molecule has 0 spiro atoms. The lowest BCUT2D eigenvalue weighted by Crippen LogP contribution is -2.30. The summed E-state index contributed by atoms with van der Waals surface area (Å²) in [7, 11) is 0. The van der Waals surface area contributed by atoms with Crippen LogP contribution in [0.15, 0.2) is 42.5 Å². The maximum absolute atomic E-state index is 12.2. The number of amides is 1. The minimum atomic E-state index is -0.929. The van der Waals surface area contributed by atoms with Crippen molar-refractivity contribution < 1.29 is 28.5 Å². The smallest absolute Gasteiger partial charge is 0.310 e. The first-order valence-corrected chi connectivity index (χ1v) is 8.61. The van der Waals surface area contributed by atoms with Crippen molar-refractivity contribution in [3.05, 3.63) is 48.0 Å². The van der Waals surface area contributed by atoms with Gasteiger partial charge in [-0.15, -0.1) is 0 Å². The van der Waals surface area contributed by atoms with Gasteiger partial charge in [0.15, 0.2) is 17.6 Å². The van der Waals surface area contributed by atoms with Crippen molar-refractivity contribution >= 4 is 17.6 Å². The third kappa shape index (κ3) is 4.91. The number of benzene rings is 2. The topological polar surface area (TPSA) is 83.1 Å². The van der Waals surface area contributed by atoms with Crippen LogP contribution in [0.5, 0.6) is 17.2 Å². The first-order valence-electron chi connectivity index (χ1n) is 8.61. The van der Waals surface area contributed by atoms with Gasteiger partial charge < -0.3 is 24.3 Å². The van der Waals surface area contributed by atoms with Gasteiger partial charge in [0, 0.05) is 11.8 Å². The number of para-hydroxylation sites is 1. The average Bonchev–Trinajstić information content (AvgIpc) is 3.11. The number of carbonyl (C=O) groups is 2. The van der Waals surface area contributed by atoms with Gasteiger partial charge in [-0.05, 0) is 37.6 Å². The summed E-state index contributed by atoms with van der Waals surface area (Å²) in [6.45, 7) is 3.78. The van der Waals surface area contributed by atoms with Crippen molar-refractivity contribution in [1.82, 2.24) is 0 Å². The number of rotatable bonds is 7. The second-order valence-corrected chi connectivity index (χ2v) is 6.05. The highest BCUT2D eigenvalue weighted by atomic mass is 16.7. The normalized spacial score (nSPS) is 13.0. The van der Waals surface area contributed by atoms with Crippen LogP contribution in [-0.2, 0) is 14.3 Å². The molecule has 0 aromatic heterocycles. The van der Waals surface area contributed by atoms with Gasteiger partial charge in [0.1, 0.15) is 5.75 Å². The lowest BCUT2D eigenvalue weighted by atomic mass is 10.2. The Kier molecular flexibility index (Phi) is 5.80. The van der Waals surface area contributed by atoms with E-state index in [1.54, 1.807) is 18.2 Å². The minimum absolute atomic E-state index is 0.0516. The molecule has 142 valence electrons. The summed E-state index contributed by atoms with van der Waals surface area (Å²) >= 11 is 0. The number of anilines is 1. The lowest BCUT2D eigenvalue weighted by molar-refractivity contribution is -0.153. The number of esters is 1. The van der Waals surface area contributed by atoms with Crippen molar-refractivity contribution in [2.24, 2.45) is 0 Å². The van der Waals surface area contributed by atoms with Gasteiger partial charge >= 0.3 is 5.97 Å². The van der Waals surface area contributed by atoms with Crippen molar-refractivity contribution in [3.8, 4) is 17.2 Å². The van der Waals surface area contributed by atoms with Crippen molar-refractivity contribution in [3.63, 3.8) is 0 Å². The van der Waals surface area contributed by atoms with Crippen molar-refractivity contribution in [2.45, 2.75) is 26.4 Å². The first-order chi connectivity index (χ1) is 13.0. The van der Waals surface area contributed by atoms with Gasteiger partial charge in [-0.2, -0.15) is 0 Å². The molecule has 1 amide bonds. The second kappa shape index (κ2) is 8.44. The molecule has 3 rings (SSSR count). The number of carbonyl (C=O) groups excluding carboxylic acids is 2. The summed E-state index contributed by atoms with van der Waals surface area (Å²) in [4.78, 5) is 24.1. The quantitative estimate of drug-likeness (QED) is 0.753. The standard InChI is InChI=1S/C20H21NO6/c1-13-5-3-4-6-16(13)24-10-9-19(22)27-14(2)20(23)21-15-7-8-17-18(11-15)26-12-25-17/h3-8,11,14H,9-10,12H2,1-2H3,(H,21,23). The first kappa shape index (κ1) is 18.6. The zero-order valence-corrected chi connectivity index (χ0v) is 15.2. The molecule has 7 nitrogen and oxygen atoms in total. The van der Waals surface area contributed by atoms with Crippen LogP contribution in [0.3, 0.4) is 0 Å². The Morgan fingerprint density at radius 3 is 2.74 bits per heavy atom. The van der Waals surface area contributed by atoms with Gasteiger partial charge in [-0.25, -0.2) is 0 Å². The van der Waals surface area contributed by atoms with E-state index in [4.69, 9.17) is 18.9 Å². The highest BCUT2D eigenvalue weighted by Crippen LogP contribution is 2.34. The minimum Gasteiger partial charge on any atom is -0.493 e. The van der Waals surface area contributed by atoms with Gasteiger partial charge in [0.2, 0.25) is 6.79 Å². The Hall–Kier alpha value is -3.22. The van der Waals surface area contributed by atoms with Crippen LogP contribution >= 0.6 is 0 Å². The summed E-state index contributed by atoms with van der Waals surface area (Å²) in [5, 5.41) is 2.68. The molecule has 2 aromatic carbocycles. The molecule has 2 aromatic rings. The molecule has 0 saturated carbocycles. The van der Waals surface area contributed by atoms with Crippen LogP contribution in [0.2, 0.25) is 0 Å². The van der Waals surface area contributed by atoms with E-state index in [9.17, 15) is 9.59 Å². The predicted molar refractivity (Wildman–Crippen MR) is 98.0 cm³/mol. The molecule has 1 N–H and O–H groups in total. The summed E-state index contributed by atoms with van der Waals surface area (Å²) < 4.78 is 21.2. The number of fused-ring (bicyclic) bond motifs is 1. The number of hydrogen-bond donors (Lipinski definition) is 1. The average molecular weight is 371 g/mol. The largest absolute Gasteiger partial charge is 0.493 e. The molecule has 1 heterocycles. The fraction of sp³-hybridized carbons (Fsp3) is 0.300. The summed E-state index contributed by atoms with van der Waals surface area (Å²) in [6.07, 6.45) is -0.878. The van der Waals surface area contributed by atoms with Crippen LogP contribution in [0.4, 0.5) is 5.69 Å². The van der Waals surface area contributed by atoms with E-state index >= 15 is 0 Å². The molecule has 0 radical (unpaired) electrons. The SMILES string of the molecule is Cc1ccccc1OCCC(=O)OC(C)C(=O)Nc1ccc2c(c1)OCO2. The Bertz CT molecular complexity index is 835. The molecule has 0 aliphatic carbocycles. The van der Waals surface area contributed by atoms with Crippen LogP contribution < -0.4 is 19.5 Å². The molecule has 1 unspecified atom stereocenters. The van der Waals surface area contributed by atoms with E-state index in [0.29, 0.717) is 17.2 Å². The fourth-order valence-corrected chi connectivity index (χ4v) is 2.49. The molecule has 0 bridgehead atoms. The Morgan fingerprint density at radius 2 is 1.93 bits per heavy atom. The van der Waals surface area contributed by atoms with E-state index in [1.807, 2.05) is 31.2 Å². The Morgan fingerprint density at radius 1 is 1.15 bits per heavy atom. The third-order valence-electron chi connectivity index (χ3n) is 3.97. The molecule has 27 heavy (non-hydrogen) atoms. The second-order valence-electron chi connectivity index (χ2n) is 6.05. The van der Waals surface area contributed by atoms with E-state index in [-0.39, 0.29) is 19.8 Å². The summed E-state index contributed by atoms with van der Waals surface area (Å²) in [5.74, 6) is 0.977. The zero-order valence-electron chi connectivity index (χ0n) is 15.2. The zero-order chi connectivity index (χ0) is 19.2. The third-order valence-corrected chi connectivity index (χ3v) is 3.97. The Balaban J connectivity index is 1.43. The van der Waals surface area contributed by atoms with Crippen LogP contribution in [0, 0.1) is 6.92 Å². The molecular formula is C20H21NO6. The number of ether oxygens (including phenoxy) is 4. The van der Waals surface area contributed by atoms with Crippen LogP contribution in [0.1, 0.15) is 18.9 Å². The van der Waals surface area contributed by atoms with Gasteiger partial charge in [0.25, 0.3) is 5.91 Å². The lowest BCUT2D eigenvalue weighted by Gasteiger charge is -2.14. The van der Waals surface area contributed by atoms with E-state index in [1.165, 1.54) is 6.92 Å². The number of aryl methyl sites for hydroxylation is 1. The molecule has 0 fully saturated rings. The molecular weight excluding hydrogens is 350 g/mol. The van der Waals surface area contributed by atoms with Gasteiger partial charge in [-0.3, -0.25) is 9.59 Å². The summed E-state index contributed by atoms with van der Waals surface area (Å²) in [6, 6.07) is 12.6. The van der Waals surface area contributed by atoms with Crippen LogP contribution in [-0.4, -0.2) is 31.4 Å². The fourth-order valence-electron chi connectivity index (χ4n) is 2.49. The molecule has 1 aliphatic heterocycles.